The van der Waals surface area contributed by atoms with Gasteiger partial charge in [-0.3, -0.25) is 4.90 Å². The molecule has 0 aliphatic carbocycles. The number of rotatable bonds is 3. The van der Waals surface area contributed by atoms with E-state index in [1.807, 2.05) is 0 Å². The van der Waals surface area contributed by atoms with Crippen molar-refractivity contribution in [1.82, 2.24) is 14.9 Å². The maximum atomic E-state index is 12.6. The largest absolute Gasteiger partial charge is 0.416 e. The van der Waals surface area contributed by atoms with Gasteiger partial charge in [0.15, 0.2) is 0 Å². The van der Waals surface area contributed by atoms with Crippen LogP contribution in [-0.2, 0) is 10.9 Å². The van der Waals surface area contributed by atoms with Gasteiger partial charge in [0.2, 0.25) is 0 Å². The first kappa shape index (κ1) is 17.0. The van der Waals surface area contributed by atoms with E-state index < -0.39 is 11.7 Å². The Kier molecular flexibility index (Phi) is 4.64. The highest BCUT2D eigenvalue weighted by atomic mass is 19.4. The second-order valence-corrected chi connectivity index (χ2v) is 6.18. The van der Waals surface area contributed by atoms with Crippen LogP contribution >= 0.6 is 0 Å². The average molecular weight is 339 g/mol. The molecule has 1 N–H and O–H groups in total. The number of nitrogens with one attached hydrogen (secondary N) is 1. The van der Waals surface area contributed by atoms with E-state index in [1.54, 1.807) is 6.20 Å². The average Bonchev–Trinajstić information content (AvgIpc) is 3.04. The van der Waals surface area contributed by atoms with Crippen LogP contribution in [0.1, 0.15) is 31.3 Å². The van der Waals surface area contributed by atoms with E-state index in [2.05, 4.69) is 28.7 Å². The number of imidazole rings is 1. The lowest BCUT2D eigenvalue weighted by molar-refractivity contribution is -0.137. The molecule has 0 saturated carbocycles. The second kappa shape index (κ2) is 6.57. The summed E-state index contributed by atoms with van der Waals surface area (Å²) in [6.07, 6.45) is -2.67. The number of hydrogen-bond donors (Lipinski definition) is 1. The molecule has 1 aromatic carbocycles. The highest BCUT2D eigenvalue weighted by molar-refractivity contribution is 5.59. The van der Waals surface area contributed by atoms with Gasteiger partial charge in [-0.05, 0) is 31.5 Å². The summed E-state index contributed by atoms with van der Waals surface area (Å²) < 4.78 is 43.5. The number of nitrogens with zero attached hydrogens (tertiary/aromatic N) is 2. The van der Waals surface area contributed by atoms with Crippen molar-refractivity contribution in [2.75, 3.05) is 19.8 Å². The van der Waals surface area contributed by atoms with Gasteiger partial charge in [0.05, 0.1) is 36.7 Å². The third kappa shape index (κ3) is 3.47. The van der Waals surface area contributed by atoms with Gasteiger partial charge in [-0.1, -0.05) is 12.1 Å². The molecule has 0 bridgehead atoms. The molecule has 130 valence electrons. The molecule has 7 heteroatoms. The van der Waals surface area contributed by atoms with Crippen molar-refractivity contribution >= 4 is 0 Å². The van der Waals surface area contributed by atoms with Crippen LogP contribution in [0.15, 0.2) is 30.5 Å². The van der Waals surface area contributed by atoms with Crippen molar-refractivity contribution in [2.45, 2.75) is 32.1 Å². The van der Waals surface area contributed by atoms with E-state index in [0.29, 0.717) is 30.5 Å². The Balaban J connectivity index is 1.82. The molecule has 0 radical (unpaired) electrons. The van der Waals surface area contributed by atoms with Gasteiger partial charge >= 0.3 is 6.18 Å². The molecule has 0 spiro atoms. The zero-order valence-corrected chi connectivity index (χ0v) is 13.6. The van der Waals surface area contributed by atoms with Gasteiger partial charge in [-0.25, -0.2) is 4.98 Å². The number of aromatic amines is 1. The molecule has 2 aromatic rings. The Morgan fingerprint density at radius 1 is 1.25 bits per heavy atom. The quantitative estimate of drug-likeness (QED) is 0.923. The van der Waals surface area contributed by atoms with Crippen LogP contribution in [0, 0.1) is 0 Å². The van der Waals surface area contributed by atoms with E-state index in [4.69, 9.17) is 4.74 Å². The summed E-state index contributed by atoms with van der Waals surface area (Å²) >= 11 is 0. The van der Waals surface area contributed by atoms with Crippen molar-refractivity contribution < 1.29 is 17.9 Å². The molecule has 1 unspecified atom stereocenters. The summed E-state index contributed by atoms with van der Waals surface area (Å²) in [5, 5.41) is 0. The van der Waals surface area contributed by atoms with Gasteiger partial charge < -0.3 is 9.72 Å². The minimum absolute atomic E-state index is 0.0296. The van der Waals surface area contributed by atoms with Crippen molar-refractivity contribution in [3.63, 3.8) is 0 Å². The summed E-state index contributed by atoms with van der Waals surface area (Å²) in [4.78, 5) is 9.95. The standard InChI is InChI=1S/C17H20F3N3O/c1-11(2)23-7-8-24-10-15(23)16-21-9-14(22-16)12-3-5-13(6-4-12)17(18,19)20/h3-6,9,11,15H,7-8,10H2,1-2H3,(H,21,22). The van der Waals surface area contributed by atoms with Crippen LogP contribution in [0.25, 0.3) is 11.3 Å². The SMILES string of the molecule is CC(C)N1CCOCC1c1ncc(-c2ccc(C(F)(F)F)cc2)[nH]1. The summed E-state index contributed by atoms with van der Waals surface area (Å²) in [7, 11) is 0. The summed E-state index contributed by atoms with van der Waals surface area (Å²) in [5.41, 5.74) is 0.722. The van der Waals surface area contributed by atoms with Crippen LogP contribution in [0.3, 0.4) is 0 Å². The Morgan fingerprint density at radius 3 is 2.58 bits per heavy atom. The lowest BCUT2D eigenvalue weighted by Crippen LogP contribution is -2.43. The molecule has 1 aliphatic rings. The van der Waals surface area contributed by atoms with E-state index in [-0.39, 0.29) is 6.04 Å². The fraction of sp³-hybridized carbons (Fsp3) is 0.471. The van der Waals surface area contributed by atoms with E-state index in [1.165, 1.54) is 12.1 Å². The van der Waals surface area contributed by atoms with Gasteiger partial charge in [-0.2, -0.15) is 13.2 Å². The normalized spacial score (nSPS) is 19.8. The highest BCUT2D eigenvalue weighted by Gasteiger charge is 2.31. The Labute approximate surface area is 138 Å². The van der Waals surface area contributed by atoms with Gasteiger partial charge in [-0.15, -0.1) is 0 Å². The monoisotopic (exact) mass is 339 g/mol. The summed E-state index contributed by atoms with van der Waals surface area (Å²) in [6, 6.07) is 5.47. The lowest BCUT2D eigenvalue weighted by Gasteiger charge is -2.37. The number of H-pyrrole nitrogens is 1. The highest BCUT2D eigenvalue weighted by Crippen LogP contribution is 2.31. The Bertz CT molecular complexity index is 679. The molecule has 24 heavy (non-hydrogen) atoms. The summed E-state index contributed by atoms with van der Waals surface area (Å²) in [5.74, 6) is 0.776. The lowest BCUT2D eigenvalue weighted by atomic mass is 10.1. The molecule has 2 heterocycles. The van der Waals surface area contributed by atoms with E-state index in [9.17, 15) is 13.2 Å². The van der Waals surface area contributed by atoms with Crippen LogP contribution in [0.2, 0.25) is 0 Å². The zero-order chi connectivity index (χ0) is 17.3. The first-order valence-corrected chi connectivity index (χ1v) is 7.92. The molecule has 1 aliphatic heterocycles. The Hall–Kier alpha value is -1.86. The summed E-state index contributed by atoms with van der Waals surface area (Å²) in [6.45, 7) is 6.33. The number of halogens is 3. The predicted molar refractivity (Wildman–Crippen MR) is 84.4 cm³/mol. The fourth-order valence-electron chi connectivity index (χ4n) is 2.96. The maximum absolute atomic E-state index is 12.6. The minimum Gasteiger partial charge on any atom is -0.378 e. The molecule has 1 atom stereocenters. The fourth-order valence-corrected chi connectivity index (χ4v) is 2.96. The van der Waals surface area contributed by atoms with Crippen molar-refractivity contribution in [3.8, 4) is 11.3 Å². The molecule has 1 aromatic heterocycles. The molecular formula is C17H20F3N3O. The van der Waals surface area contributed by atoms with E-state index >= 15 is 0 Å². The van der Waals surface area contributed by atoms with Gasteiger partial charge in [0, 0.05) is 12.6 Å². The second-order valence-electron chi connectivity index (χ2n) is 6.18. The maximum Gasteiger partial charge on any atom is 0.416 e. The molecular weight excluding hydrogens is 319 g/mol. The molecule has 3 rings (SSSR count). The van der Waals surface area contributed by atoms with Gasteiger partial charge in [0.1, 0.15) is 5.82 Å². The number of hydrogen-bond acceptors (Lipinski definition) is 3. The number of morpholine rings is 1. The van der Waals surface area contributed by atoms with Crippen LogP contribution in [-0.4, -0.2) is 40.7 Å². The van der Waals surface area contributed by atoms with Gasteiger partial charge in [0.25, 0.3) is 0 Å². The third-order valence-electron chi connectivity index (χ3n) is 4.27. The molecule has 4 nitrogen and oxygen atoms in total. The molecule has 1 saturated heterocycles. The van der Waals surface area contributed by atoms with Crippen LogP contribution < -0.4 is 0 Å². The predicted octanol–water partition coefficient (Wildman–Crippen LogP) is 3.88. The van der Waals surface area contributed by atoms with Crippen LogP contribution in [0.4, 0.5) is 13.2 Å². The molecule has 1 fully saturated rings. The smallest absolute Gasteiger partial charge is 0.378 e. The minimum atomic E-state index is -4.32. The first-order valence-electron chi connectivity index (χ1n) is 7.92. The molecule has 0 amide bonds. The number of alkyl halides is 3. The number of ether oxygens (including phenoxy) is 1. The number of aromatic nitrogens is 2. The topological polar surface area (TPSA) is 41.1 Å². The van der Waals surface area contributed by atoms with Crippen molar-refractivity contribution in [1.29, 1.82) is 0 Å². The zero-order valence-electron chi connectivity index (χ0n) is 13.6. The van der Waals surface area contributed by atoms with Crippen molar-refractivity contribution in [3.05, 3.63) is 41.9 Å². The van der Waals surface area contributed by atoms with E-state index in [0.717, 1.165) is 24.5 Å². The Morgan fingerprint density at radius 2 is 1.96 bits per heavy atom. The first-order chi connectivity index (χ1) is 11.4. The number of benzene rings is 1. The van der Waals surface area contributed by atoms with Crippen LogP contribution in [0.5, 0.6) is 0 Å². The van der Waals surface area contributed by atoms with Crippen molar-refractivity contribution in [2.24, 2.45) is 0 Å². The third-order valence-corrected chi connectivity index (χ3v) is 4.27.